The van der Waals surface area contributed by atoms with Gasteiger partial charge in [0.15, 0.2) is 0 Å². The van der Waals surface area contributed by atoms with Crippen molar-refractivity contribution in [3.05, 3.63) is 76.6 Å². The maximum atomic E-state index is 11.5. The maximum Gasteiger partial charge on any atom is 0.335 e. The smallest absolute Gasteiger partial charge is 0.335 e. The summed E-state index contributed by atoms with van der Waals surface area (Å²) in [6, 6.07) is 14.1. The van der Waals surface area contributed by atoms with E-state index >= 15 is 0 Å². The third-order valence-electron chi connectivity index (χ3n) is 5.47. The van der Waals surface area contributed by atoms with E-state index in [4.69, 9.17) is 0 Å². The predicted molar refractivity (Wildman–Crippen MR) is 126 cm³/mol. The van der Waals surface area contributed by atoms with E-state index in [1.807, 2.05) is 48.7 Å². The zero-order chi connectivity index (χ0) is 23.4. The normalized spacial score (nSPS) is 11.1. The van der Waals surface area contributed by atoms with Gasteiger partial charge in [-0.2, -0.15) is 0 Å². The summed E-state index contributed by atoms with van der Waals surface area (Å²) in [5.74, 6) is -2.35. The van der Waals surface area contributed by atoms with Crippen molar-refractivity contribution < 1.29 is 19.8 Å². The molecule has 0 spiro atoms. The molecule has 2 N–H and O–H groups in total. The third-order valence-corrected chi connectivity index (χ3v) is 5.47. The molecule has 3 aromatic rings. The second kappa shape index (κ2) is 9.51. The Bertz CT molecular complexity index is 1140. The van der Waals surface area contributed by atoms with Gasteiger partial charge in [-0.1, -0.05) is 0 Å². The molecule has 7 heteroatoms. The molecule has 0 amide bonds. The van der Waals surface area contributed by atoms with Crippen molar-refractivity contribution in [2.45, 2.75) is 27.7 Å². The molecule has 0 saturated carbocycles. The van der Waals surface area contributed by atoms with E-state index in [1.54, 1.807) is 6.21 Å². The van der Waals surface area contributed by atoms with Gasteiger partial charge in [0.1, 0.15) is 0 Å². The Morgan fingerprint density at radius 3 is 2.00 bits per heavy atom. The highest BCUT2D eigenvalue weighted by Crippen LogP contribution is 2.24. The number of benzene rings is 2. The van der Waals surface area contributed by atoms with Gasteiger partial charge in [0, 0.05) is 47.6 Å². The Balaban J connectivity index is 1.95. The Hall–Kier alpha value is -3.87. The fourth-order valence-corrected chi connectivity index (χ4v) is 3.79. The summed E-state index contributed by atoms with van der Waals surface area (Å²) in [5.41, 5.74) is 4.87. The number of aromatic carboxylic acids is 2. The number of carboxylic acids is 2. The van der Waals surface area contributed by atoms with Gasteiger partial charge >= 0.3 is 11.9 Å². The number of aromatic nitrogens is 1. The molecule has 32 heavy (non-hydrogen) atoms. The summed E-state index contributed by atoms with van der Waals surface area (Å²) >= 11 is 0. The third kappa shape index (κ3) is 4.72. The van der Waals surface area contributed by atoms with Gasteiger partial charge in [0.05, 0.1) is 16.8 Å². The van der Waals surface area contributed by atoms with Crippen LogP contribution in [0.4, 0.5) is 11.4 Å². The molecule has 0 aliphatic rings. The largest absolute Gasteiger partial charge is 0.478 e. The van der Waals surface area contributed by atoms with Gasteiger partial charge < -0.3 is 19.7 Å². The minimum Gasteiger partial charge on any atom is -0.478 e. The van der Waals surface area contributed by atoms with Gasteiger partial charge in [-0.25, -0.2) is 9.59 Å². The summed E-state index contributed by atoms with van der Waals surface area (Å²) in [5, 5.41) is 18.8. The molecule has 166 valence electrons. The maximum absolute atomic E-state index is 11.5. The molecular weight excluding hydrogens is 406 g/mol. The van der Waals surface area contributed by atoms with Crippen molar-refractivity contribution in [1.29, 1.82) is 0 Å². The number of carbonyl (C=O) groups is 2. The lowest BCUT2D eigenvalue weighted by Crippen LogP contribution is -2.21. The van der Waals surface area contributed by atoms with E-state index in [1.165, 1.54) is 12.1 Å². The van der Waals surface area contributed by atoms with Crippen LogP contribution >= 0.6 is 0 Å². The molecular formula is C25H27N3O4. The van der Waals surface area contributed by atoms with Crippen molar-refractivity contribution >= 4 is 29.5 Å². The van der Waals surface area contributed by atoms with Crippen LogP contribution in [-0.2, 0) is 0 Å². The lowest BCUT2D eigenvalue weighted by atomic mass is 10.1. The summed E-state index contributed by atoms with van der Waals surface area (Å²) in [4.78, 5) is 29.8. The fraction of sp³-hybridized carbons (Fsp3) is 0.240. The molecule has 1 aromatic heterocycles. The molecule has 3 rings (SSSR count). The Labute approximate surface area is 187 Å². The van der Waals surface area contributed by atoms with Crippen LogP contribution in [0.1, 0.15) is 51.5 Å². The number of rotatable bonds is 8. The first-order chi connectivity index (χ1) is 15.2. The van der Waals surface area contributed by atoms with E-state index < -0.39 is 11.9 Å². The van der Waals surface area contributed by atoms with Gasteiger partial charge in [0.25, 0.3) is 0 Å². The monoisotopic (exact) mass is 433 g/mol. The van der Waals surface area contributed by atoms with Crippen LogP contribution in [0.15, 0.2) is 53.5 Å². The number of aryl methyl sites for hydroxylation is 1. The fourth-order valence-electron chi connectivity index (χ4n) is 3.79. The summed E-state index contributed by atoms with van der Waals surface area (Å²) < 4.78 is 1.84. The van der Waals surface area contributed by atoms with Gasteiger partial charge in [-0.15, -0.1) is 0 Å². The second-order valence-corrected chi connectivity index (χ2v) is 7.49. The number of anilines is 1. The molecule has 7 nitrogen and oxygen atoms in total. The minimum absolute atomic E-state index is 0.0732. The average molecular weight is 434 g/mol. The Kier molecular flexibility index (Phi) is 6.78. The van der Waals surface area contributed by atoms with Crippen molar-refractivity contribution in [2.75, 3.05) is 18.0 Å². The first-order valence-electron chi connectivity index (χ1n) is 10.4. The quantitative estimate of drug-likeness (QED) is 0.483. The second-order valence-electron chi connectivity index (χ2n) is 7.49. The predicted octanol–water partition coefficient (Wildman–Crippen LogP) is 5.09. The first kappa shape index (κ1) is 22.8. The molecule has 1 heterocycles. The highest BCUT2D eigenvalue weighted by Gasteiger charge is 2.16. The van der Waals surface area contributed by atoms with Crippen LogP contribution in [0.25, 0.3) is 5.69 Å². The van der Waals surface area contributed by atoms with E-state index in [2.05, 4.69) is 23.7 Å². The van der Waals surface area contributed by atoms with Gasteiger partial charge in [-0.3, -0.25) is 4.99 Å². The zero-order valence-corrected chi connectivity index (χ0v) is 18.7. The molecule has 0 unspecified atom stereocenters. The Morgan fingerprint density at radius 2 is 1.50 bits per heavy atom. The minimum atomic E-state index is -1.17. The van der Waals surface area contributed by atoms with Crippen molar-refractivity contribution in [1.82, 2.24) is 4.57 Å². The van der Waals surface area contributed by atoms with E-state index in [9.17, 15) is 19.8 Å². The number of hydrogen-bond donors (Lipinski definition) is 2. The summed E-state index contributed by atoms with van der Waals surface area (Å²) in [7, 11) is 0. The van der Waals surface area contributed by atoms with E-state index in [0.717, 1.165) is 47.5 Å². The van der Waals surface area contributed by atoms with Crippen LogP contribution in [0.3, 0.4) is 0 Å². The van der Waals surface area contributed by atoms with Gasteiger partial charge in [-0.05, 0) is 76.2 Å². The average Bonchev–Trinajstić information content (AvgIpc) is 3.06. The number of hydrogen-bond acceptors (Lipinski definition) is 4. The number of carboxylic acid groups (broad SMARTS) is 2. The van der Waals surface area contributed by atoms with E-state index in [0.29, 0.717) is 5.69 Å². The number of aliphatic imine (C=N–C) groups is 1. The molecule has 2 aromatic carbocycles. The van der Waals surface area contributed by atoms with Crippen LogP contribution < -0.4 is 4.90 Å². The van der Waals surface area contributed by atoms with Crippen LogP contribution in [-0.4, -0.2) is 46.0 Å². The molecule has 0 saturated heterocycles. The highest BCUT2D eigenvalue weighted by molar-refractivity contribution is 5.95. The van der Waals surface area contributed by atoms with Crippen LogP contribution in [0.5, 0.6) is 0 Å². The van der Waals surface area contributed by atoms with Crippen molar-refractivity contribution in [2.24, 2.45) is 4.99 Å². The first-order valence-corrected chi connectivity index (χ1v) is 10.4. The van der Waals surface area contributed by atoms with Crippen LogP contribution in [0.2, 0.25) is 0 Å². The van der Waals surface area contributed by atoms with Gasteiger partial charge in [0.2, 0.25) is 0 Å². The van der Waals surface area contributed by atoms with Crippen LogP contribution in [0, 0.1) is 13.8 Å². The lowest BCUT2D eigenvalue weighted by Gasteiger charge is -2.20. The zero-order valence-electron chi connectivity index (χ0n) is 18.7. The van der Waals surface area contributed by atoms with E-state index in [-0.39, 0.29) is 11.1 Å². The number of nitrogens with zero attached hydrogens (tertiary/aromatic N) is 3. The van der Waals surface area contributed by atoms with Crippen molar-refractivity contribution in [3.8, 4) is 5.69 Å². The standard InChI is InChI=1S/C25H27N3O4/c1-5-27(6-2)22-9-7-21(8-10-22)26-15-20-11-16(3)28(17(20)4)23-13-18(24(29)30)12-19(14-23)25(31)32/h7-15H,5-6H2,1-4H3,(H,29,30)(H,31,32). The Morgan fingerprint density at radius 1 is 0.938 bits per heavy atom. The molecule has 0 radical (unpaired) electrons. The topological polar surface area (TPSA) is 95.1 Å². The molecule has 0 fully saturated rings. The lowest BCUT2D eigenvalue weighted by molar-refractivity contribution is 0.0696. The molecule has 0 aliphatic heterocycles. The molecule has 0 bridgehead atoms. The summed E-state index contributed by atoms with van der Waals surface area (Å²) in [6.45, 7) is 9.91. The molecule has 0 aliphatic carbocycles. The summed E-state index contributed by atoms with van der Waals surface area (Å²) in [6.07, 6.45) is 1.77. The SMILES string of the molecule is CCN(CC)c1ccc(N=Cc2cc(C)n(-c3cc(C(=O)O)cc(C(=O)O)c3)c2C)cc1. The molecule has 0 atom stereocenters. The van der Waals surface area contributed by atoms with Crippen molar-refractivity contribution in [3.63, 3.8) is 0 Å². The highest BCUT2D eigenvalue weighted by atomic mass is 16.4.